The summed E-state index contributed by atoms with van der Waals surface area (Å²) in [4.78, 5) is 0. The molecule has 1 fully saturated rings. The molecule has 0 saturated carbocycles. The summed E-state index contributed by atoms with van der Waals surface area (Å²) in [5.41, 5.74) is 3.70. The van der Waals surface area contributed by atoms with E-state index >= 15 is 0 Å². The summed E-state index contributed by atoms with van der Waals surface area (Å²) >= 11 is 4.06. The lowest BCUT2D eigenvalue weighted by Crippen LogP contribution is -1.95. The van der Waals surface area contributed by atoms with Crippen molar-refractivity contribution in [2.45, 2.75) is 11.2 Å². The Labute approximate surface area is 134 Å². The molecular formula is C18H18OS2. The van der Waals surface area contributed by atoms with Crippen LogP contribution in [-0.2, 0) is 6.61 Å². The molecule has 1 heterocycles. The first-order valence-corrected chi connectivity index (χ1v) is 9.12. The average Bonchev–Trinajstić information content (AvgIpc) is 3.08. The Morgan fingerprint density at radius 2 is 1.67 bits per heavy atom. The molecule has 0 radical (unpaired) electrons. The van der Waals surface area contributed by atoms with Crippen LogP contribution in [0.4, 0.5) is 0 Å². The van der Waals surface area contributed by atoms with E-state index in [1.54, 1.807) is 0 Å². The van der Waals surface area contributed by atoms with E-state index < -0.39 is 0 Å². The predicted molar refractivity (Wildman–Crippen MR) is 95.0 cm³/mol. The molecule has 0 unspecified atom stereocenters. The molecule has 0 amide bonds. The average molecular weight is 314 g/mol. The minimum atomic E-state index is 0.601. The third-order valence-corrected chi connectivity index (χ3v) is 6.50. The van der Waals surface area contributed by atoms with Crippen molar-refractivity contribution in [2.24, 2.45) is 0 Å². The highest BCUT2D eigenvalue weighted by Gasteiger charge is 2.17. The molecule has 3 heteroatoms. The first-order valence-electron chi connectivity index (χ1n) is 7.02. The van der Waals surface area contributed by atoms with Gasteiger partial charge in [0.2, 0.25) is 0 Å². The summed E-state index contributed by atoms with van der Waals surface area (Å²) in [6.45, 7) is 4.36. The van der Waals surface area contributed by atoms with Crippen LogP contribution in [0.5, 0.6) is 5.75 Å². The zero-order chi connectivity index (χ0) is 14.5. The second-order valence-corrected chi connectivity index (χ2v) is 7.60. The second-order valence-electron chi connectivity index (χ2n) is 4.88. The number of thioether (sulfide) groups is 2. The molecule has 21 heavy (non-hydrogen) atoms. The summed E-state index contributed by atoms with van der Waals surface area (Å²) in [7, 11) is 0. The van der Waals surface area contributed by atoms with Crippen molar-refractivity contribution < 1.29 is 4.74 Å². The largest absolute Gasteiger partial charge is 0.489 e. The van der Waals surface area contributed by atoms with Gasteiger partial charge in [0.15, 0.2) is 0 Å². The molecule has 0 aromatic heterocycles. The Bertz CT molecular complexity index is 584. The zero-order valence-electron chi connectivity index (χ0n) is 11.8. The molecule has 0 N–H and O–H groups in total. The van der Waals surface area contributed by atoms with Crippen LogP contribution in [0.15, 0.2) is 55.1 Å². The highest BCUT2D eigenvalue weighted by Crippen LogP contribution is 2.45. The first-order chi connectivity index (χ1) is 10.3. The lowest BCUT2D eigenvalue weighted by molar-refractivity contribution is 0.306. The molecule has 2 aromatic rings. The molecule has 2 aromatic carbocycles. The third-order valence-electron chi connectivity index (χ3n) is 3.39. The molecule has 0 spiro atoms. The maximum atomic E-state index is 5.84. The van der Waals surface area contributed by atoms with E-state index in [0.717, 1.165) is 11.3 Å². The van der Waals surface area contributed by atoms with Crippen LogP contribution in [0, 0.1) is 0 Å². The van der Waals surface area contributed by atoms with E-state index in [1.165, 1.54) is 22.6 Å². The topological polar surface area (TPSA) is 9.23 Å². The van der Waals surface area contributed by atoms with Gasteiger partial charge in [-0.2, -0.15) is 0 Å². The van der Waals surface area contributed by atoms with Gasteiger partial charge in [0, 0.05) is 11.5 Å². The Kier molecular flexibility index (Phi) is 4.94. The van der Waals surface area contributed by atoms with E-state index in [4.69, 9.17) is 4.74 Å². The fourth-order valence-electron chi connectivity index (χ4n) is 2.19. The van der Waals surface area contributed by atoms with E-state index in [2.05, 4.69) is 55.1 Å². The van der Waals surface area contributed by atoms with Gasteiger partial charge in [-0.15, -0.1) is 23.5 Å². The first kappa shape index (κ1) is 14.6. The highest BCUT2D eigenvalue weighted by atomic mass is 32.2. The van der Waals surface area contributed by atoms with E-state index in [-0.39, 0.29) is 0 Å². The Hall–Kier alpha value is -1.32. The summed E-state index contributed by atoms with van der Waals surface area (Å²) in [6, 6.07) is 16.8. The minimum Gasteiger partial charge on any atom is -0.489 e. The molecule has 1 saturated heterocycles. The smallest absolute Gasteiger partial charge is 0.119 e. The maximum Gasteiger partial charge on any atom is 0.119 e. The van der Waals surface area contributed by atoms with Crippen molar-refractivity contribution in [2.75, 3.05) is 11.5 Å². The predicted octanol–water partition coefficient (Wildman–Crippen LogP) is 5.39. The number of hydrogen-bond donors (Lipinski definition) is 0. The number of benzene rings is 2. The quantitative estimate of drug-likeness (QED) is 0.732. The van der Waals surface area contributed by atoms with Crippen LogP contribution in [0.25, 0.3) is 6.08 Å². The molecule has 0 aliphatic carbocycles. The van der Waals surface area contributed by atoms with Crippen molar-refractivity contribution in [3.05, 3.63) is 71.8 Å². The lowest BCUT2D eigenvalue weighted by Gasteiger charge is -2.10. The fraction of sp³-hybridized carbons (Fsp3) is 0.222. The summed E-state index contributed by atoms with van der Waals surface area (Å²) in [6.07, 6.45) is 1.85. The van der Waals surface area contributed by atoms with Crippen LogP contribution < -0.4 is 4.74 Å². The third kappa shape index (κ3) is 3.86. The van der Waals surface area contributed by atoms with E-state index in [1.807, 2.05) is 29.6 Å². The Morgan fingerprint density at radius 3 is 2.29 bits per heavy atom. The van der Waals surface area contributed by atoms with Crippen LogP contribution in [0.2, 0.25) is 0 Å². The molecular weight excluding hydrogens is 296 g/mol. The van der Waals surface area contributed by atoms with E-state index in [9.17, 15) is 0 Å². The Balaban J connectivity index is 1.58. The molecule has 0 atom stereocenters. The van der Waals surface area contributed by atoms with E-state index in [0.29, 0.717) is 11.2 Å². The summed E-state index contributed by atoms with van der Waals surface area (Å²) in [5, 5.41) is 0. The SMILES string of the molecule is C=Cc1ccc(COc2ccc(C3SCCS3)cc2)cc1. The summed E-state index contributed by atoms with van der Waals surface area (Å²) in [5.74, 6) is 3.45. The lowest BCUT2D eigenvalue weighted by atomic mass is 10.1. The number of rotatable bonds is 5. The van der Waals surface area contributed by atoms with Gasteiger partial charge in [-0.25, -0.2) is 0 Å². The second kappa shape index (κ2) is 7.10. The van der Waals surface area contributed by atoms with Gasteiger partial charge >= 0.3 is 0 Å². The van der Waals surface area contributed by atoms with Crippen molar-refractivity contribution in [1.82, 2.24) is 0 Å². The van der Waals surface area contributed by atoms with Crippen LogP contribution in [0.1, 0.15) is 21.3 Å². The Morgan fingerprint density at radius 1 is 1.00 bits per heavy atom. The molecule has 1 aliphatic heterocycles. The standard InChI is InChI=1S/C18H18OS2/c1-2-14-3-5-15(6-4-14)13-19-17-9-7-16(8-10-17)18-20-11-12-21-18/h2-10,18H,1,11-13H2. The van der Waals surface area contributed by atoms with Crippen LogP contribution >= 0.6 is 23.5 Å². The molecule has 1 nitrogen and oxygen atoms in total. The number of ether oxygens (including phenoxy) is 1. The van der Waals surface area contributed by atoms with Crippen LogP contribution in [-0.4, -0.2) is 11.5 Å². The molecule has 108 valence electrons. The van der Waals surface area contributed by atoms with Gasteiger partial charge in [0.05, 0.1) is 4.58 Å². The van der Waals surface area contributed by atoms with Gasteiger partial charge < -0.3 is 4.74 Å². The minimum absolute atomic E-state index is 0.601. The fourth-order valence-corrected chi connectivity index (χ4v) is 5.05. The van der Waals surface area contributed by atoms with Crippen molar-refractivity contribution >= 4 is 29.6 Å². The molecule has 3 rings (SSSR count). The van der Waals surface area contributed by atoms with Crippen molar-refractivity contribution in [3.63, 3.8) is 0 Å². The van der Waals surface area contributed by atoms with Crippen LogP contribution in [0.3, 0.4) is 0 Å². The van der Waals surface area contributed by atoms with Gasteiger partial charge in [0.1, 0.15) is 12.4 Å². The molecule has 1 aliphatic rings. The zero-order valence-corrected chi connectivity index (χ0v) is 13.5. The van der Waals surface area contributed by atoms with Gasteiger partial charge in [-0.05, 0) is 28.8 Å². The maximum absolute atomic E-state index is 5.84. The van der Waals surface area contributed by atoms with Gasteiger partial charge in [-0.3, -0.25) is 0 Å². The highest BCUT2D eigenvalue weighted by molar-refractivity contribution is 8.19. The van der Waals surface area contributed by atoms with Crippen molar-refractivity contribution in [1.29, 1.82) is 0 Å². The number of hydrogen-bond acceptors (Lipinski definition) is 3. The van der Waals surface area contributed by atoms with Gasteiger partial charge in [0.25, 0.3) is 0 Å². The van der Waals surface area contributed by atoms with Gasteiger partial charge in [-0.1, -0.05) is 49.1 Å². The normalized spacial score (nSPS) is 15.0. The summed E-state index contributed by atoms with van der Waals surface area (Å²) < 4.78 is 6.45. The van der Waals surface area contributed by atoms with Crippen molar-refractivity contribution in [3.8, 4) is 5.75 Å². The monoisotopic (exact) mass is 314 g/mol. The molecule has 0 bridgehead atoms.